The summed E-state index contributed by atoms with van der Waals surface area (Å²) < 4.78 is 0. The molecule has 0 nitrogen and oxygen atoms in total. The van der Waals surface area contributed by atoms with Gasteiger partial charge in [0.05, 0.1) is 0 Å². The van der Waals surface area contributed by atoms with E-state index in [0.29, 0.717) is 11.8 Å². The van der Waals surface area contributed by atoms with Crippen LogP contribution in [-0.2, 0) is 25.8 Å². The molecule has 0 radical (unpaired) electrons. The molecular weight excluding hydrogens is 275 g/mol. The SMILES string of the molecule is [CH2-]C(C)C.[CH2-]C(C)C.[Hf]. The monoisotopic (exact) mass is 294 g/mol. The molecule has 0 atom stereocenters. The Morgan fingerprint density at radius 3 is 0.778 bits per heavy atom. The molecule has 0 aliphatic heterocycles. The first-order chi connectivity index (χ1) is 3.46. The Bertz CT molecular complexity index is 20.0. The average molecular weight is 293 g/mol. The van der Waals surface area contributed by atoms with E-state index in [4.69, 9.17) is 0 Å². The van der Waals surface area contributed by atoms with Crippen LogP contribution in [0.3, 0.4) is 0 Å². The van der Waals surface area contributed by atoms with Crippen LogP contribution in [0, 0.1) is 25.7 Å². The van der Waals surface area contributed by atoms with Crippen molar-refractivity contribution < 1.29 is 25.8 Å². The van der Waals surface area contributed by atoms with E-state index in [9.17, 15) is 0 Å². The van der Waals surface area contributed by atoms with Crippen molar-refractivity contribution in [1.82, 2.24) is 0 Å². The van der Waals surface area contributed by atoms with E-state index < -0.39 is 0 Å². The van der Waals surface area contributed by atoms with Crippen LogP contribution in [0.1, 0.15) is 27.7 Å². The first-order valence-corrected chi connectivity index (χ1v) is 3.13. The maximum absolute atomic E-state index is 3.64. The van der Waals surface area contributed by atoms with Gasteiger partial charge in [0.25, 0.3) is 0 Å². The molecule has 0 aromatic rings. The van der Waals surface area contributed by atoms with Crippen LogP contribution < -0.4 is 0 Å². The number of hydrogen-bond acceptors (Lipinski definition) is 0. The third-order valence-electron chi connectivity index (χ3n) is 0. The second-order valence-electron chi connectivity index (χ2n) is 2.79. The standard InChI is InChI=1S/2C4H9.Hf/c2*1-4(2)3;/h2*4H,1H2,2-3H3;/q2*-1;. The second-order valence-corrected chi connectivity index (χ2v) is 2.79. The Labute approximate surface area is 79.2 Å². The molecule has 0 fully saturated rings. The molecule has 0 aliphatic rings. The Morgan fingerprint density at radius 1 is 0.778 bits per heavy atom. The smallest absolute Gasteiger partial charge is 0 e. The minimum Gasteiger partial charge on any atom is -0.341 e. The zero-order chi connectivity index (χ0) is 7.15. The largest absolute Gasteiger partial charge is 0.341 e. The van der Waals surface area contributed by atoms with Gasteiger partial charge in [-0.1, -0.05) is 27.7 Å². The van der Waals surface area contributed by atoms with Crippen molar-refractivity contribution in [3.05, 3.63) is 13.8 Å². The summed E-state index contributed by atoms with van der Waals surface area (Å²) in [6, 6.07) is 0. The summed E-state index contributed by atoms with van der Waals surface area (Å²) in [4.78, 5) is 0. The van der Waals surface area contributed by atoms with E-state index in [1.54, 1.807) is 0 Å². The summed E-state index contributed by atoms with van der Waals surface area (Å²) in [5.74, 6) is 1.17. The molecule has 0 N–H and O–H groups in total. The minimum absolute atomic E-state index is 0. The van der Waals surface area contributed by atoms with Gasteiger partial charge in [-0.2, -0.15) is 11.8 Å². The molecule has 0 aromatic carbocycles. The Morgan fingerprint density at radius 2 is 0.778 bits per heavy atom. The van der Waals surface area contributed by atoms with E-state index in [1.165, 1.54) is 0 Å². The van der Waals surface area contributed by atoms with Crippen molar-refractivity contribution in [2.75, 3.05) is 0 Å². The zero-order valence-electron chi connectivity index (χ0n) is 7.07. The summed E-state index contributed by atoms with van der Waals surface area (Å²) in [7, 11) is 0. The molecule has 0 saturated carbocycles. The zero-order valence-corrected chi connectivity index (χ0v) is 10.7. The fourth-order valence-corrected chi connectivity index (χ4v) is 0. The van der Waals surface area contributed by atoms with Crippen molar-refractivity contribution in [2.45, 2.75) is 27.7 Å². The van der Waals surface area contributed by atoms with Crippen LogP contribution in [-0.4, -0.2) is 0 Å². The van der Waals surface area contributed by atoms with Crippen LogP contribution in [0.5, 0.6) is 0 Å². The molecule has 1 heteroatoms. The van der Waals surface area contributed by atoms with Crippen molar-refractivity contribution in [1.29, 1.82) is 0 Å². The number of rotatable bonds is 0. The van der Waals surface area contributed by atoms with Crippen LogP contribution in [0.25, 0.3) is 0 Å². The molecule has 9 heavy (non-hydrogen) atoms. The van der Waals surface area contributed by atoms with Crippen molar-refractivity contribution in [3.8, 4) is 0 Å². The average Bonchev–Trinajstić information content (AvgIpc) is 1.25. The third-order valence-corrected chi connectivity index (χ3v) is 0. The van der Waals surface area contributed by atoms with Crippen LogP contribution >= 0.6 is 0 Å². The van der Waals surface area contributed by atoms with Crippen LogP contribution in [0.2, 0.25) is 0 Å². The maximum Gasteiger partial charge on any atom is 0 e. The predicted molar refractivity (Wildman–Crippen MR) is 40.4 cm³/mol. The van der Waals surface area contributed by atoms with Gasteiger partial charge in [-0.25, -0.2) is 0 Å². The molecule has 0 heterocycles. The third kappa shape index (κ3) is 553. The van der Waals surface area contributed by atoms with Gasteiger partial charge >= 0.3 is 0 Å². The second kappa shape index (κ2) is 11.6. The number of hydrogen-bond donors (Lipinski definition) is 0. The van der Waals surface area contributed by atoms with E-state index in [1.807, 2.05) is 0 Å². The summed E-state index contributed by atoms with van der Waals surface area (Å²) in [6.07, 6.45) is 0. The summed E-state index contributed by atoms with van der Waals surface area (Å²) in [6.45, 7) is 15.5. The minimum atomic E-state index is 0. The van der Waals surface area contributed by atoms with Crippen molar-refractivity contribution in [2.24, 2.45) is 11.8 Å². The Hall–Kier alpha value is 0.870. The van der Waals surface area contributed by atoms with Gasteiger partial charge in [-0.3, -0.25) is 0 Å². The van der Waals surface area contributed by atoms with Gasteiger partial charge in [0.2, 0.25) is 0 Å². The molecule has 0 unspecified atom stereocenters. The quantitative estimate of drug-likeness (QED) is 0.476. The molecular formula is C8H18Hf-2. The summed E-state index contributed by atoms with van der Waals surface area (Å²) in [5.41, 5.74) is 0. The van der Waals surface area contributed by atoms with E-state index in [-0.39, 0.29) is 25.8 Å². The van der Waals surface area contributed by atoms with Gasteiger partial charge in [0.1, 0.15) is 0 Å². The molecule has 0 rings (SSSR count). The molecule has 0 amide bonds. The maximum atomic E-state index is 3.64. The first kappa shape index (κ1) is 16.5. The molecule has 0 saturated heterocycles. The Balaban J connectivity index is -0.0000000720. The predicted octanol–water partition coefficient (Wildman–Crippen LogP) is 2.95. The van der Waals surface area contributed by atoms with Gasteiger partial charge in [0.15, 0.2) is 0 Å². The Kier molecular flexibility index (Phi) is 21.3. The van der Waals surface area contributed by atoms with Gasteiger partial charge in [-0.15, -0.1) is 0 Å². The van der Waals surface area contributed by atoms with Crippen LogP contribution in [0.15, 0.2) is 0 Å². The van der Waals surface area contributed by atoms with E-state index in [2.05, 4.69) is 41.5 Å². The van der Waals surface area contributed by atoms with Gasteiger partial charge < -0.3 is 13.8 Å². The molecule has 0 bridgehead atoms. The molecule has 0 aliphatic carbocycles. The van der Waals surface area contributed by atoms with E-state index >= 15 is 0 Å². The van der Waals surface area contributed by atoms with E-state index in [0.717, 1.165) is 0 Å². The van der Waals surface area contributed by atoms with Gasteiger partial charge in [0, 0.05) is 25.8 Å². The van der Waals surface area contributed by atoms with Gasteiger partial charge in [-0.05, 0) is 0 Å². The molecule has 0 aromatic heterocycles. The topological polar surface area (TPSA) is 0 Å². The fraction of sp³-hybridized carbons (Fsp3) is 0.750. The van der Waals surface area contributed by atoms with Crippen molar-refractivity contribution in [3.63, 3.8) is 0 Å². The van der Waals surface area contributed by atoms with Crippen molar-refractivity contribution >= 4 is 0 Å². The first-order valence-electron chi connectivity index (χ1n) is 3.13. The fourth-order valence-electron chi connectivity index (χ4n) is 0. The van der Waals surface area contributed by atoms with Crippen LogP contribution in [0.4, 0.5) is 0 Å². The summed E-state index contributed by atoms with van der Waals surface area (Å²) in [5, 5.41) is 0. The molecule has 0 spiro atoms. The molecule has 56 valence electrons. The normalized spacial score (nSPS) is 8.00. The summed E-state index contributed by atoms with van der Waals surface area (Å²) >= 11 is 0.